The molecule has 0 heterocycles. The van der Waals surface area contributed by atoms with E-state index in [4.69, 9.17) is 0 Å². The highest BCUT2D eigenvalue weighted by molar-refractivity contribution is 9.10. The molecule has 0 fully saturated rings. The van der Waals surface area contributed by atoms with Crippen LogP contribution in [0.3, 0.4) is 0 Å². The Morgan fingerprint density at radius 2 is 1.90 bits per heavy atom. The smallest absolute Gasteiger partial charge is 0.310 e. The Labute approximate surface area is 131 Å². The van der Waals surface area contributed by atoms with Gasteiger partial charge in [-0.1, -0.05) is 13.8 Å². The van der Waals surface area contributed by atoms with Crippen LogP contribution in [0, 0.1) is 18.2 Å². The van der Waals surface area contributed by atoms with E-state index in [1.54, 1.807) is 20.8 Å². The van der Waals surface area contributed by atoms with Crippen molar-refractivity contribution in [2.24, 2.45) is 5.41 Å². The molecule has 6 heteroatoms. The fourth-order valence-electron chi connectivity index (χ4n) is 2.16. The number of benzene rings is 1. The van der Waals surface area contributed by atoms with Crippen molar-refractivity contribution in [1.29, 1.82) is 0 Å². The first kappa shape index (κ1) is 17.6. The van der Waals surface area contributed by atoms with Gasteiger partial charge in [-0.15, -0.1) is 0 Å². The van der Waals surface area contributed by atoms with Crippen LogP contribution in [0.2, 0.25) is 0 Å². The number of anilines is 1. The van der Waals surface area contributed by atoms with Crippen molar-refractivity contribution in [2.45, 2.75) is 40.0 Å². The number of carbonyl (C=O) groups is 2. The molecule has 1 amide bonds. The van der Waals surface area contributed by atoms with E-state index in [2.05, 4.69) is 21.2 Å². The van der Waals surface area contributed by atoms with Crippen molar-refractivity contribution in [3.05, 3.63) is 28.0 Å². The number of aliphatic carboxylic acids is 1. The molecule has 0 aliphatic rings. The minimum atomic E-state index is -1.06. The number of carbonyl (C=O) groups excluding carboxylic acids is 1. The highest BCUT2D eigenvalue weighted by atomic mass is 79.9. The molecule has 0 aliphatic carbocycles. The van der Waals surface area contributed by atoms with E-state index in [9.17, 15) is 19.1 Å². The van der Waals surface area contributed by atoms with Crippen LogP contribution in [0.5, 0.6) is 0 Å². The van der Waals surface area contributed by atoms with E-state index >= 15 is 0 Å². The number of hydrogen-bond acceptors (Lipinski definition) is 2. The second-order valence-corrected chi connectivity index (χ2v) is 5.95. The molecule has 4 nitrogen and oxygen atoms in total. The lowest BCUT2D eigenvalue weighted by atomic mass is 9.79. The zero-order chi connectivity index (χ0) is 16.2. The number of halogens is 2. The standard InChI is InChI=1S/C15H19BrFNO3/c1-4-15(5-2,14(20)21)8-13(19)18-12-7-10(16)11(17)6-9(12)3/h6-7H,4-5,8H2,1-3H3,(H,18,19)(H,20,21). The second kappa shape index (κ2) is 7.02. The van der Waals surface area contributed by atoms with Gasteiger partial charge in [-0.2, -0.15) is 0 Å². The predicted molar refractivity (Wildman–Crippen MR) is 82.7 cm³/mol. The summed E-state index contributed by atoms with van der Waals surface area (Å²) in [5.41, 5.74) is -0.00680. The molecule has 0 spiro atoms. The normalized spacial score (nSPS) is 11.3. The first-order valence-electron chi connectivity index (χ1n) is 6.74. The molecular formula is C15H19BrFNO3. The summed E-state index contributed by atoms with van der Waals surface area (Å²) in [6, 6.07) is 2.78. The molecule has 2 N–H and O–H groups in total. The van der Waals surface area contributed by atoms with Crippen molar-refractivity contribution >= 4 is 33.5 Å². The maximum atomic E-state index is 13.3. The third kappa shape index (κ3) is 4.03. The Morgan fingerprint density at radius 1 is 1.33 bits per heavy atom. The molecule has 116 valence electrons. The Balaban J connectivity index is 2.92. The van der Waals surface area contributed by atoms with E-state index in [1.807, 2.05) is 0 Å². The lowest BCUT2D eigenvalue weighted by molar-refractivity contribution is -0.151. The van der Waals surface area contributed by atoms with E-state index in [1.165, 1.54) is 12.1 Å². The molecule has 0 saturated heterocycles. The summed E-state index contributed by atoms with van der Waals surface area (Å²) in [6.07, 6.45) is 0.639. The number of carboxylic acid groups (broad SMARTS) is 1. The lowest BCUT2D eigenvalue weighted by Gasteiger charge is -2.26. The highest BCUT2D eigenvalue weighted by Gasteiger charge is 2.37. The summed E-state index contributed by atoms with van der Waals surface area (Å²) < 4.78 is 13.6. The fraction of sp³-hybridized carbons (Fsp3) is 0.467. The van der Waals surface area contributed by atoms with Crippen molar-refractivity contribution in [1.82, 2.24) is 0 Å². The molecule has 0 unspecified atom stereocenters. The van der Waals surface area contributed by atoms with Crippen molar-refractivity contribution in [3.63, 3.8) is 0 Å². The molecule has 0 aliphatic heterocycles. The van der Waals surface area contributed by atoms with Gasteiger partial charge in [-0.3, -0.25) is 9.59 Å². The summed E-state index contributed by atoms with van der Waals surface area (Å²) in [4.78, 5) is 23.5. The fourth-order valence-corrected chi connectivity index (χ4v) is 2.50. The van der Waals surface area contributed by atoms with Gasteiger partial charge in [0.1, 0.15) is 5.82 Å². The Kier molecular flexibility index (Phi) is 5.89. The quantitative estimate of drug-likeness (QED) is 0.802. The van der Waals surface area contributed by atoms with Crippen molar-refractivity contribution in [2.75, 3.05) is 5.32 Å². The zero-order valence-electron chi connectivity index (χ0n) is 12.3. The minimum absolute atomic E-state index is 0.107. The third-order valence-corrected chi connectivity index (χ3v) is 4.46. The molecule has 0 bridgehead atoms. The molecule has 0 aromatic heterocycles. The number of aryl methyl sites for hydroxylation is 1. The largest absolute Gasteiger partial charge is 0.481 e. The number of nitrogens with one attached hydrogen (secondary N) is 1. The predicted octanol–water partition coefficient (Wildman–Crippen LogP) is 4.12. The maximum absolute atomic E-state index is 13.3. The van der Waals surface area contributed by atoms with Gasteiger partial charge in [0.25, 0.3) is 0 Å². The van der Waals surface area contributed by atoms with E-state index < -0.39 is 17.2 Å². The monoisotopic (exact) mass is 359 g/mol. The number of hydrogen-bond donors (Lipinski definition) is 2. The van der Waals surface area contributed by atoms with Gasteiger partial charge in [0, 0.05) is 12.1 Å². The third-order valence-electron chi connectivity index (χ3n) is 3.85. The first-order chi connectivity index (χ1) is 9.75. The summed E-state index contributed by atoms with van der Waals surface area (Å²) >= 11 is 3.06. The SMILES string of the molecule is CCC(CC)(CC(=O)Nc1cc(Br)c(F)cc1C)C(=O)O. The zero-order valence-corrected chi connectivity index (χ0v) is 13.9. The average Bonchev–Trinajstić information content (AvgIpc) is 2.42. The molecule has 1 aromatic rings. The van der Waals surface area contributed by atoms with Gasteiger partial charge in [0.05, 0.1) is 9.89 Å². The Bertz CT molecular complexity index is 556. The van der Waals surface area contributed by atoms with Gasteiger partial charge in [0.15, 0.2) is 0 Å². The molecule has 21 heavy (non-hydrogen) atoms. The number of rotatable bonds is 6. The van der Waals surface area contributed by atoms with Gasteiger partial charge in [-0.25, -0.2) is 4.39 Å². The molecule has 1 aromatic carbocycles. The summed E-state index contributed by atoms with van der Waals surface area (Å²) in [6.45, 7) is 5.19. The van der Waals surface area contributed by atoms with Crippen LogP contribution < -0.4 is 5.32 Å². The van der Waals surface area contributed by atoms with E-state index in [-0.39, 0.29) is 16.8 Å². The lowest BCUT2D eigenvalue weighted by Crippen LogP contribution is -2.34. The Morgan fingerprint density at radius 3 is 2.38 bits per heavy atom. The Hall–Kier alpha value is -1.43. The minimum Gasteiger partial charge on any atom is -0.481 e. The van der Waals surface area contributed by atoms with E-state index in [0.717, 1.165) is 0 Å². The molecule has 1 rings (SSSR count). The molecular weight excluding hydrogens is 341 g/mol. The molecule has 0 radical (unpaired) electrons. The van der Waals surface area contributed by atoms with Crippen LogP contribution in [-0.2, 0) is 9.59 Å². The summed E-state index contributed by atoms with van der Waals surface area (Å²) in [5.74, 6) is -1.77. The maximum Gasteiger partial charge on any atom is 0.310 e. The van der Waals surface area contributed by atoms with Gasteiger partial charge in [0.2, 0.25) is 5.91 Å². The number of carboxylic acids is 1. The van der Waals surface area contributed by atoms with Crippen molar-refractivity contribution < 1.29 is 19.1 Å². The summed E-state index contributed by atoms with van der Waals surface area (Å²) in [7, 11) is 0. The average molecular weight is 360 g/mol. The highest BCUT2D eigenvalue weighted by Crippen LogP contribution is 2.32. The van der Waals surface area contributed by atoms with Crippen LogP contribution in [0.4, 0.5) is 10.1 Å². The van der Waals surface area contributed by atoms with Crippen LogP contribution in [0.1, 0.15) is 38.7 Å². The second-order valence-electron chi connectivity index (χ2n) is 5.10. The van der Waals surface area contributed by atoms with Crippen LogP contribution in [0.15, 0.2) is 16.6 Å². The van der Waals surface area contributed by atoms with Gasteiger partial charge >= 0.3 is 5.97 Å². The topological polar surface area (TPSA) is 66.4 Å². The van der Waals surface area contributed by atoms with Crippen molar-refractivity contribution in [3.8, 4) is 0 Å². The molecule has 0 atom stereocenters. The number of amides is 1. The van der Waals surface area contributed by atoms with Gasteiger partial charge < -0.3 is 10.4 Å². The van der Waals surface area contributed by atoms with Crippen LogP contribution in [0.25, 0.3) is 0 Å². The summed E-state index contributed by atoms with van der Waals surface area (Å²) in [5, 5.41) is 12.0. The first-order valence-corrected chi connectivity index (χ1v) is 7.54. The van der Waals surface area contributed by atoms with Crippen LogP contribution >= 0.6 is 15.9 Å². The van der Waals surface area contributed by atoms with Gasteiger partial charge in [-0.05, 0) is 53.4 Å². The van der Waals surface area contributed by atoms with Crippen LogP contribution in [-0.4, -0.2) is 17.0 Å². The molecule has 0 saturated carbocycles. The van der Waals surface area contributed by atoms with E-state index in [0.29, 0.717) is 24.1 Å².